The number of nitrogens with zero attached hydrogens (tertiary/aromatic N) is 2. The first-order valence-corrected chi connectivity index (χ1v) is 9.57. The van der Waals surface area contributed by atoms with E-state index in [0.717, 1.165) is 12.1 Å². The summed E-state index contributed by atoms with van der Waals surface area (Å²) in [5, 5.41) is 19.6. The predicted octanol–water partition coefficient (Wildman–Crippen LogP) is 2.50. The maximum Gasteiger partial charge on any atom is 0.418 e. The van der Waals surface area contributed by atoms with Crippen molar-refractivity contribution in [3.63, 3.8) is 0 Å². The van der Waals surface area contributed by atoms with Crippen LogP contribution in [0.25, 0.3) is 0 Å². The highest BCUT2D eigenvalue weighted by atomic mass is 19.4. The Morgan fingerprint density at radius 3 is 2.20 bits per heavy atom. The molecular weight excluding hydrogens is 408 g/mol. The SMILES string of the molecule is COc1ccc(F)cc1C(C)(C)CC(O)(CN1CCN(CC(=O)O)CC1)C(F)(F)F. The van der Waals surface area contributed by atoms with Gasteiger partial charge in [0.15, 0.2) is 5.60 Å². The number of rotatable bonds is 8. The third-order valence-corrected chi connectivity index (χ3v) is 5.46. The maximum absolute atomic E-state index is 13.9. The zero-order chi connectivity index (χ0) is 22.7. The summed E-state index contributed by atoms with van der Waals surface area (Å²) in [6.07, 6.45) is -5.61. The summed E-state index contributed by atoms with van der Waals surface area (Å²) >= 11 is 0. The molecule has 1 aromatic rings. The van der Waals surface area contributed by atoms with Gasteiger partial charge in [-0.15, -0.1) is 0 Å². The van der Waals surface area contributed by atoms with Gasteiger partial charge in [-0.05, 0) is 30.0 Å². The molecule has 1 aromatic carbocycles. The molecule has 2 rings (SSSR count). The molecule has 0 radical (unpaired) electrons. The van der Waals surface area contributed by atoms with Crippen molar-refractivity contribution >= 4 is 5.97 Å². The number of carboxylic acids is 1. The van der Waals surface area contributed by atoms with Gasteiger partial charge in [0.2, 0.25) is 0 Å². The highest BCUT2D eigenvalue weighted by molar-refractivity contribution is 5.69. The zero-order valence-corrected chi connectivity index (χ0v) is 17.3. The van der Waals surface area contributed by atoms with Crippen LogP contribution in [-0.4, -0.2) is 84.1 Å². The van der Waals surface area contributed by atoms with Gasteiger partial charge in [0.1, 0.15) is 11.6 Å². The smallest absolute Gasteiger partial charge is 0.418 e. The second-order valence-electron chi connectivity index (χ2n) is 8.38. The molecule has 1 fully saturated rings. The van der Waals surface area contributed by atoms with E-state index < -0.39 is 41.9 Å². The van der Waals surface area contributed by atoms with Crippen molar-refractivity contribution in [2.45, 2.75) is 37.5 Å². The average molecular weight is 436 g/mol. The van der Waals surface area contributed by atoms with E-state index in [-0.39, 0.29) is 30.9 Å². The van der Waals surface area contributed by atoms with Gasteiger partial charge in [0.25, 0.3) is 0 Å². The van der Waals surface area contributed by atoms with Crippen LogP contribution in [0.4, 0.5) is 17.6 Å². The van der Waals surface area contributed by atoms with E-state index in [2.05, 4.69) is 0 Å². The molecule has 0 amide bonds. The van der Waals surface area contributed by atoms with E-state index in [0.29, 0.717) is 13.1 Å². The molecule has 1 aliphatic rings. The minimum atomic E-state index is -4.91. The van der Waals surface area contributed by atoms with E-state index in [1.165, 1.54) is 31.9 Å². The lowest BCUT2D eigenvalue weighted by Gasteiger charge is -2.43. The summed E-state index contributed by atoms with van der Waals surface area (Å²) in [7, 11) is 1.35. The molecule has 1 heterocycles. The summed E-state index contributed by atoms with van der Waals surface area (Å²) in [5.41, 5.74) is -4.05. The molecule has 1 atom stereocenters. The quantitative estimate of drug-likeness (QED) is 0.610. The fourth-order valence-electron chi connectivity index (χ4n) is 3.95. The number of halogens is 4. The number of aliphatic carboxylic acids is 1. The van der Waals surface area contributed by atoms with Gasteiger partial charge in [-0.3, -0.25) is 14.6 Å². The molecule has 0 bridgehead atoms. The van der Waals surface area contributed by atoms with Crippen molar-refractivity contribution in [3.05, 3.63) is 29.6 Å². The van der Waals surface area contributed by atoms with Gasteiger partial charge in [0.05, 0.1) is 13.7 Å². The minimum absolute atomic E-state index is 0.177. The number of carboxylic acid groups (broad SMARTS) is 1. The molecule has 1 unspecified atom stereocenters. The van der Waals surface area contributed by atoms with Crippen LogP contribution in [0.3, 0.4) is 0 Å². The number of aliphatic hydroxyl groups is 1. The van der Waals surface area contributed by atoms with Gasteiger partial charge >= 0.3 is 12.1 Å². The Labute approximate surface area is 173 Å². The summed E-state index contributed by atoms with van der Waals surface area (Å²) in [5.74, 6) is -1.36. The molecule has 2 N–H and O–H groups in total. The molecule has 1 saturated heterocycles. The van der Waals surface area contributed by atoms with Crippen LogP contribution in [0.15, 0.2) is 18.2 Å². The number of hydrogen-bond donors (Lipinski definition) is 2. The molecule has 0 aromatic heterocycles. The number of carbonyl (C=O) groups is 1. The standard InChI is InChI=1S/C20H28F4N2O4/c1-18(2,15-10-14(21)4-5-16(15)30-3)12-19(29,20(22,23)24)13-26-8-6-25(7-9-26)11-17(27)28/h4-5,10,29H,6-9,11-13H2,1-3H3,(H,27,28). The first-order valence-electron chi connectivity index (χ1n) is 9.57. The number of hydrogen-bond acceptors (Lipinski definition) is 5. The molecule has 170 valence electrons. The monoisotopic (exact) mass is 436 g/mol. The average Bonchev–Trinajstić information content (AvgIpc) is 2.61. The molecule has 0 saturated carbocycles. The van der Waals surface area contributed by atoms with Crippen molar-refractivity contribution in [2.75, 3.05) is 46.4 Å². The normalized spacial score (nSPS) is 18.8. The van der Waals surface area contributed by atoms with Crippen molar-refractivity contribution in [1.82, 2.24) is 9.80 Å². The van der Waals surface area contributed by atoms with Crippen LogP contribution in [0.1, 0.15) is 25.8 Å². The van der Waals surface area contributed by atoms with E-state index >= 15 is 0 Å². The number of methoxy groups -OCH3 is 1. The third-order valence-electron chi connectivity index (χ3n) is 5.46. The number of alkyl halides is 3. The van der Waals surface area contributed by atoms with E-state index in [9.17, 15) is 27.5 Å². The number of β-amino-alcohol motifs (C(OH)–C–C–N with tert-alkyl or cyclic N) is 1. The van der Waals surface area contributed by atoms with Crippen molar-refractivity contribution < 1.29 is 37.3 Å². The summed E-state index contributed by atoms with van der Waals surface area (Å²) < 4.78 is 60.8. The molecule has 0 spiro atoms. The Bertz CT molecular complexity index is 749. The van der Waals surface area contributed by atoms with Gasteiger partial charge in [-0.2, -0.15) is 13.2 Å². The Morgan fingerprint density at radius 1 is 1.13 bits per heavy atom. The molecule has 10 heteroatoms. The van der Waals surface area contributed by atoms with Gasteiger partial charge in [-0.25, -0.2) is 4.39 Å². The second kappa shape index (κ2) is 9.07. The number of piperazine rings is 1. The van der Waals surface area contributed by atoms with E-state index in [4.69, 9.17) is 9.84 Å². The molecule has 30 heavy (non-hydrogen) atoms. The highest BCUT2D eigenvalue weighted by Crippen LogP contribution is 2.44. The van der Waals surface area contributed by atoms with Crippen molar-refractivity contribution in [2.24, 2.45) is 0 Å². The first-order chi connectivity index (χ1) is 13.8. The molecule has 1 aliphatic heterocycles. The van der Waals surface area contributed by atoms with Gasteiger partial charge in [-0.1, -0.05) is 13.8 Å². The van der Waals surface area contributed by atoms with Gasteiger partial charge < -0.3 is 14.9 Å². The number of benzene rings is 1. The zero-order valence-electron chi connectivity index (χ0n) is 17.3. The summed E-state index contributed by atoms with van der Waals surface area (Å²) in [4.78, 5) is 13.9. The molecule has 6 nitrogen and oxygen atoms in total. The Hall–Kier alpha value is -1.91. The second-order valence-corrected chi connectivity index (χ2v) is 8.38. The Morgan fingerprint density at radius 2 is 1.70 bits per heavy atom. The minimum Gasteiger partial charge on any atom is -0.496 e. The Balaban J connectivity index is 2.21. The summed E-state index contributed by atoms with van der Waals surface area (Å²) in [6.45, 7) is 3.17. The predicted molar refractivity (Wildman–Crippen MR) is 102 cm³/mol. The van der Waals surface area contributed by atoms with E-state index in [1.54, 1.807) is 4.90 Å². The fourth-order valence-corrected chi connectivity index (χ4v) is 3.95. The molecule has 0 aliphatic carbocycles. The fraction of sp³-hybridized carbons (Fsp3) is 0.650. The van der Waals surface area contributed by atoms with Gasteiger partial charge in [0, 0.05) is 38.3 Å². The number of ether oxygens (including phenoxy) is 1. The first kappa shape index (κ1) is 24.4. The van der Waals surface area contributed by atoms with Crippen molar-refractivity contribution in [3.8, 4) is 5.75 Å². The third kappa shape index (κ3) is 5.83. The van der Waals surface area contributed by atoms with Crippen LogP contribution < -0.4 is 4.74 Å². The van der Waals surface area contributed by atoms with Crippen LogP contribution in [0, 0.1) is 5.82 Å². The van der Waals surface area contributed by atoms with E-state index in [1.807, 2.05) is 0 Å². The highest BCUT2D eigenvalue weighted by Gasteiger charge is 2.57. The summed E-state index contributed by atoms with van der Waals surface area (Å²) in [6, 6.07) is 3.63. The lowest BCUT2D eigenvalue weighted by atomic mass is 9.74. The lowest BCUT2D eigenvalue weighted by Crippen LogP contribution is -2.59. The molecular formula is C20H28F4N2O4. The lowest BCUT2D eigenvalue weighted by molar-refractivity contribution is -0.272. The largest absolute Gasteiger partial charge is 0.496 e. The van der Waals surface area contributed by atoms with Crippen LogP contribution in [-0.2, 0) is 10.2 Å². The van der Waals surface area contributed by atoms with Crippen LogP contribution >= 0.6 is 0 Å². The van der Waals surface area contributed by atoms with Crippen molar-refractivity contribution in [1.29, 1.82) is 0 Å². The van der Waals surface area contributed by atoms with Crippen LogP contribution in [0.2, 0.25) is 0 Å². The Kier molecular flexibility index (Phi) is 7.36. The maximum atomic E-state index is 13.9. The van der Waals surface area contributed by atoms with Crippen LogP contribution in [0.5, 0.6) is 5.75 Å². The topological polar surface area (TPSA) is 73.2 Å².